The van der Waals surface area contributed by atoms with Crippen LogP contribution < -0.4 is 10.5 Å². The van der Waals surface area contributed by atoms with E-state index in [4.69, 9.17) is 5.73 Å². The lowest BCUT2D eigenvalue weighted by atomic mass is 10.1. The summed E-state index contributed by atoms with van der Waals surface area (Å²) in [5, 5.41) is 0. The van der Waals surface area contributed by atoms with Gasteiger partial charge in [0, 0.05) is 19.2 Å². The van der Waals surface area contributed by atoms with Crippen molar-refractivity contribution in [2.75, 3.05) is 6.54 Å². The molecule has 0 spiro atoms. The van der Waals surface area contributed by atoms with Gasteiger partial charge in [-0.05, 0) is 19.1 Å². The highest BCUT2D eigenvalue weighted by molar-refractivity contribution is 7.89. The average molecular weight is 320 g/mol. The van der Waals surface area contributed by atoms with Gasteiger partial charge in [0.2, 0.25) is 10.0 Å². The Morgan fingerprint density at radius 1 is 1.27 bits per heavy atom. The summed E-state index contributed by atoms with van der Waals surface area (Å²) in [6.45, 7) is 1.79. The molecule has 0 bridgehead atoms. The summed E-state index contributed by atoms with van der Waals surface area (Å²) in [5.41, 5.74) is 5.88. The normalized spacial score (nSPS) is 11.3. The molecule has 0 fully saturated rings. The number of carbonyl (C=O) groups is 1. The van der Waals surface area contributed by atoms with E-state index in [2.05, 4.69) is 14.7 Å². The van der Waals surface area contributed by atoms with Gasteiger partial charge in [0.05, 0.1) is 16.2 Å². The number of aryl methyl sites for hydroxylation is 1. The minimum Gasteiger partial charge on any atom is -0.365 e. The number of amides is 1. The van der Waals surface area contributed by atoms with Crippen molar-refractivity contribution >= 4 is 15.9 Å². The second-order valence-electron chi connectivity index (χ2n) is 4.60. The van der Waals surface area contributed by atoms with Gasteiger partial charge < -0.3 is 5.73 Å². The highest BCUT2D eigenvalue weighted by atomic mass is 32.2. The monoisotopic (exact) mass is 320 g/mol. The third-order valence-corrected chi connectivity index (χ3v) is 4.44. The highest BCUT2D eigenvalue weighted by Gasteiger charge is 2.15. The minimum atomic E-state index is -3.58. The zero-order valence-corrected chi connectivity index (χ0v) is 12.8. The van der Waals surface area contributed by atoms with E-state index in [0.29, 0.717) is 11.5 Å². The smallest absolute Gasteiger partial charge is 0.252 e. The van der Waals surface area contributed by atoms with Crippen LogP contribution >= 0.6 is 0 Å². The number of hydrogen-bond donors (Lipinski definition) is 2. The molecule has 1 aromatic heterocycles. The van der Waals surface area contributed by atoms with Crippen molar-refractivity contribution in [2.45, 2.75) is 18.2 Å². The lowest BCUT2D eigenvalue weighted by Gasteiger charge is -2.08. The molecule has 22 heavy (non-hydrogen) atoms. The fourth-order valence-electron chi connectivity index (χ4n) is 1.90. The summed E-state index contributed by atoms with van der Waals surface area (Å²) in [6, 6.07) is 8.04. The number of rotatable bonds is 6. The topological polar surface area (TPSA) is 115 Å². The van der Waals surface area contributed by atoms with E-state index in [1.807, 2.05) is 0 Å². The number of benzene rings is 1. The molecule has 0 aliphatic heterocycles. The van der Waals surface area contributed by atoms with Gasteiger partial charge in [0.25, 0.3) is 5.91 Å². The van der Waals surface area contributed by atoms with Gasteiger partial charge in [-0.1, -0.05) is 18.2 Å². The second-order valence-corrected chi connectivity index (χ2v) is 6.37. The lowest BCUT2D eigenvalue weighted by molar-refractivity contribution is 0.0998. The number of primary amides is 1. The first-order valence-corrected chi connectivity index (χ1v) is 8.05. The Hall–Kier alpha value is -2.32. The van der Waals surface area contributed by atoms with Crippen LogP contribution in [0.4, 0.5) is 0 Å². The molecule has 1 heterocycles. The molecule has 0 saturated heterocycles. The van der Waals surface area contributed by atoms with Crippen LogP contribution in [0.15, 0.2) is 41.4 Å². The lowest BCUT2D eigenvalue weighted by Crippen LogP contribution is -2.27. The van der Waals surface area contributed by atoms with Gasteiger partial charge in [-0.3, -0.25) is 4.79 Å². The maximum absolute atomic E-state index is 12.1. The Morgan fingerprint density at radius 2 is 1.95 bits per heavy atom. The molecule has 0 aliphatic carbocycles. The largest absolute Gasteiger partial charge is 0.365 e. The summed E-state index contributed by atoms with van der Waals surface area (Å²) < 4.78 is 26.6. The second kappa shape index (κ2) is 6.63. The first-order valence-electron chi connectivity index (χ1n) is 6.57. The molecular formula is C14H16N4O3S. The van der Waals surface area contributed by atoms with Crippen molar-refractivity contribution in [2.24, 2.45) is 5.73 Å². The van der Waals surface area contributed by atoms with Crippen molar-refractivity contribution in [3.63, 3.8) is 0 Å². The van der Waals surface area contributed by atoms with Crippen LogP contribution in [-0.4, -0.2) is 30.8 Å². The van der Waals surface area contributed by atoms with Gasteiger partial charge in [-0.2, -0.15) is 0 Å². The minimum absolute atomic E-state index is 0.105. The Bertz CT molecular complexity index is 776. The quantitative estimate of drug-likeness (QED) is 0.799. The SMILES string of the molecule is Cc1ncc(C(N)=O)c(CCNS(=O)(=O)c2ccccc2)n1. The Kier molecular flexibility index (Phi) is 4.84. The molecule has 116 valence electrons. The standard InChI is InChI=1S/C14H16N4O3S/c1-10-16-9-12(14(15)19)13(18-10)7-8-17-22(20,21)11-5-3-2-4-6-11/h2-6,9,17H,7-8H2,1H3,(H2,15,19). The van der Waals surface area contributed by atoms with Crippen molar-refractivity contribution < 1.29 is 13.2 Å². The molecule has 7 nitrogen and oxygen atoms in total. The number of aromatic nitrogens is 2. The van der Waals surface area contributed by atoms with Crippen LogP contribution in [0.2, 0.25) is 0 Å². The molecule has 1 aromatic carbocycles. The Morgan fingerprint density at radius 3 is 2.59 bits per heavy atom. The molecule has 0 aliphatic rings. The van der Waals surface area contributed by atoms with Gasteiger partial charge in [0.15, 0.2) is 0 Å². The van der Waals surface area contributed by atoms with Gasteiger partial charge in [-0.15, -0.1) is 0 Å². The highest BCUT2D eigenvalue weighted by Crippen LogP contribution is 2.08. The van der Waals surface area contributed by atoms with Crippen molar-refractivity contribution in [3.05, 3.63) is 53.6 Å². The molecule has 1 amide bonds. The van der Waals surface area contributed by atoms with Crippen LogP contribution in [0.3, 0.4) is 0 Å². The summed E-state index contributed by atoms with van der Waals surface area (Å²) in [4.78, 5) is 19.6. The zero-order chi connectivity index (χ0) is 16.2. The van der Waals surface area contributed by atoms with E-state index >= 15 is 0 Å². The predicted octanol–water partition coefficient (Wildman–Crippen LogP) is 0.405. The van der Waals surface area contributed by atoms with Gasteiger partial charge >= 0.3 is 0 Å². The maximum atomic E-state index is 12.1. The van der Waals surface area contributed by atoms with Crippen molar-refractivity contribution in [3.8, 4) is 0 Å². The van der Waals surface area contributed by atoms with Crippen LogP contribution in [0.5, 0.6) is 0 Å². The maximum Gasteiger partial charge on any atom is 0.252 e. The van der Waals surface area contributed by atoms with E-state index in [9.17, 15) is 13.2 Å². The number of nitrogens with zero attached hydrogens (tertiary/aromatic N) is 2. The van der Waals surface area contributed by atoms with Crippen LogP contribution in [0.1, 0.15) is 21.9 Å². The Balaban J connectivity index is 2.09. The first-order chi connectivity index (χ1) is 10.4. The summed E-state index contributed by atoms with van der Waals surface area (Å²) in [7, 11) is -3.58. The molecule has 0 atom stereocenters. The molecule has 2 rings (SSSR count). The van der Waals surface area contributed by atoms with Gasteiger partial charge in [-0.25, -0.2) is 23.1 Å². The van der Waals surface area contributed by atoms with E-state index in [0.717, 1.165) is 0 Å². The van der Waals surface area contributed by atoms with Crippen molar-refractivity contribution in [1.29, 1.82) is 0 Å². The Labute approximate surface area is 128 Å². The van der Waals surface area contributed by atoms with E-state index in [-0.39, 0.29) is 23.4 Å². The van der Waals surface area contributed by atoms with E-state index < -0.39 is 15.9 Å². The molecule has 2 aromatic rings. The number of nitrogens with one attached hydrogen (secondary N) is 1. The number of hydrogen-bond acceptors (Lipinski definition) is 5. The number of carbonyl (C=O) groups excluding carboxylic acids is 1. The molecule has 0 unspecified atom stereocenters. The predicted molar refractivity (Wildman–Crippen MR) is 80.6 cm³/mol. The number of nitrogens with two attached hydrogens (primary N) is 1. The van der Waals surface area contributed by atoms with Crippen LogP contribution in [0.25, 0.3) is 0 Å². The third-order valence-electron chi connectivity index (χ3n) is 2.96. The van der Waals surface area contributed by atoms with Crippen LogP contribution in [-0.2, 0) is 16.4 Å². The summed E-state index contributed by atoms with van der Waals surface area (Å²) >= 11 is 0. The average Bonchev–Trinajstić information content (AvgIpc) is 2.48. The fraction of sp³-hybridized carbons (Fsp3) is 0.214. The molecule has 0 saturated carbocycles. The fourth-order valence-corrected chi connectivity index (χ4v) is 2.95. The van der Waals surface area contributed by atoms with E-state index in [1.165, 1.54) is 18.3 Å². The number of sulfonamides is 1. The summed E-state index contributed by atoms with van der Waals surface area (Å²) in [5.74, 6) is -0.146. The molecule has 8 heteroatoms. The molecule has 0 radical (unpaired) electrons. The zero-order valence-electron chi connectivity index (χ0n) is 12.0. The van der Waals surface area contributed by atoms with Crippen molar-refractivity contribution in [1.82, 2.24) is 14.7 Å². The summed E-state index contributed by atoms with van der Waals surface area (Å²) in [6.07, 6.45) is 1.60. The molecular weight excluding hydrogens is 304 g/mol. The first kappa shape index (κ1) is 16.1. The van der Waals surface area contributed by atoms with Gasteiger partial charge in [0.1, 0.15) is 5.82 Å². The van der Waals surface area contributed by atoms with Crippen LogP contribution in [0, 0.1) is 6.92 Å². The third kappa shape index (κ3) is 3.86. The van der Waals surface area contributed by atoms with E-state index in [1.54, 1.807) is 25.1 Å². The molecule has 3 N–H and O–H groups in total.